The van der Waals surface area contributed by atoms with E-state index in [0.29, 0.717) is 24.5 Å². The topological polar surface area (TPSA) is 32.3 Å². The number of rotatable bonds is 7. The van der Waals surface area contributed by atoms with Gasteiger partial charge in [-0.3, -0.25) is 4.79 Å². The largest absolute Gasteiger partial charge is 0.339 e. The van der Waals surface area contributed by atoms with Crippen LogP contribution in [0.15, 0.2) is 0 Å². The highest BCUT2D eigenvalue weighted by Crippen LogP contribution is 2.24. The summed E-state index contributed by atoms with van der Waals surface area (Å²) in [6, 6.07) is 0.884. The molecule has 1 aliphatic carbocycles. The summed E-state index contributed by atoms with van der Waals surface area (Å²) in [6.45, 7) is 10.0. The number of hydrogen-bond donors (Lipinski definition) is 1. The summed E-state index contributed by atoms with van der Waals surface area (Å²) in [5, 5.41) is 3.25. The van der Waals surface area contributed by atoms with Gasteiger partial charge in [0.25, 0.3) is 0 Å². The molecule has 3 nitrogen and oxygen atoms in total. The van der Waals surface area contributed by atoms with Crippen molar-refractivity contribution in [3.63, 3.8) is 0 Å². The second-order valence-corrected chi connectivity index (χ2v) is 6.24. The van der Waals surface area contributed by atoms with Crippen LogP contribution in [-0.4, -0.2) is 36.0 Å². The van der Waals surface area contributed by atoms with Crippen LogP contribution in [0.3, 0.4) is 0 Å². The molecule has 1 rings (SSSR count). The molecule has 1 amide bonds. The van der Waals surface area contributed by atoms with Crippen molar-refractivity contribution in [1.82, 2.24) is 10.2 Å². The van der Waals surface area contributed by atoms with Gasteiger partial charge in [-0.1, -0.05) is 40.5 Å². The third-order valence-electron chi connectivity index (χ3n) is 3.69. The molecule has 1 fully saturated rings. The molecule has 18 heavy (non-hydrogen) atoms. The molecule has 0 spiro atoms. The van der Waals surface area contributed by atoms with E-state index in [9.17, 15) is 4.79 Å². The maximum Gasteiger partial charge on any atom is 0.236 e. The molecule has 1 saturated carbocycles. The van der Waals surface area contributed by atoms with Gasteiger partial charge >= 0.3 is 0 Å². The molecule has 106 valence electrons. The molecule has 1 aliphatic rings. The minimum Gasteiger partial charge on any atom is -0.339 e. The lowest BCUT2D eigenvalue weighted by molar-refractivity contribution is -0.132. The van der Waals surface area contributed by atoms with Crippen molar-refractivity contribution in [2.45, 2.75) is 71.9 Å². The Morgan fingerprint density at radius 1 is 1.22 bits per heavy atom. The SMILES string of the molecule is CC(C)CCN(C(=O)CNC(C)C)C1CCCC1. The molecule has 3 heteroatoms. The fourth-order valence-corrected chi connectivity index (χ4v) is 2.52. The Hall–Kier alpha value is -0.570. The molecule has 0 saturated heterocycles. The summed E-state index contributed by atoms with van der Waals surface area (Å²) in [4.78, 5) is 14.5. The van der Waals surface area contributed by atoms with Crippen LogP contribution in [0.1, 0.15) is 59.8 Å². The maximum absolute atomic E-state index is 12.3. The Kier molecular flexibility index (Phi) is 6.69. The Balaban J connectivity index is 2.49. The van der Waals surface area contributed by atoms with Crippen molar-refractivity contribution in [2.24, 2.45) is 5.92 Å². The lowest BCUT2D eigenvalue weighted by Crippen LogP contribution is -2.45. The van der Waals surface area contributed by atoms with Gasteiger partial charge < -0.3 is 10.2 Å². The molecule has 0 unspecified atom stereocenters. The monoisotopic (exact) mass is 254 g/mol. The average molecular weight is 254 g/mol. The standard InChI is InChI=1S/C15H30N2O/c1-12(2)9-10-17(14-7-5-6-8-14)15(18)11-16-13(3)4/h12-14,16H,5-11H2,1-4H3. The summed E-state index contributed by atoms with van der Waals surface area (Å²) in [5.41, 5.74) is 0. The van der Waals surface area contributed by atoms with Crippen molar-refractivity contribution >= 4 is 5.91 Å². The summed E-state index contributed by atoms with van der Waals surface area (Å²) < 4.78 is 0. The zero-order chi connectivity index (χ0) is 13.5. The first-order valence-corrected chi connectivity index (χ1v) is 7.53. The van der Waals surface area contributed by atoms with E-state index < -0.39 is 0 Å². The summed E-state index contributed by atoms with van der Waals surface area (Å²) >= 11 is 0. The van der Waals surface area contributed by atoms with Gasteiger partial charge in [0.1, 0.15) is 0 Å². The van der Waals surface area contributed by atoms with Gasteiger partial charge in [0.2, 0.25) is 5.91 Å². The highest BCUT2D eigenvalue weighted by molar-refractivity contribution is 5.78. The number of carbonyl (C=O) groups excluding carboxylic acids is 1. The van der Waals surface area contributed by atoms with Crippen LogP contribution in [0.4, 0.5) is 0 Å². The van der Waals surface area contributed by atoms with Crippen molar-refractivity contribution < 1.29 is 4.79 Å². The zero-order valence-electron chi connectivity index (χ0n) is 12.5. The summed E-state index contributed by atoms with van der Waals surface area (Å²) in [5.74, 6) is 0.955. The molecule has 0 aromatic rings. The molecular weight excluding hydrogens is 224 g/mol. The summed E-state index contributed by atoms with van der Waals surface area (Å²) in [7, 11) is 0. The Bertz CT molecular complexity index is 245. The number of hydrogen-bond acceptors (Lipinski definition) is 2. The third-order valence-corrected chi connectivity index (χ3v) is 3.69. The van der Waals surface area contributed by atoms with E-state index in [1.807, 2.05) is 0 Å². The molecule has 0 bridgehead atoms. The molecule has 0 aromatic carbocycles. The van der Waals surface area contributed by atoms with Crippen molar-refractivity contribution in [3.8, 4) is 0 Å². The van der Waals surface area contributed by atoms with Gasteiger partial charge in [-0.05, 0) is 25.2 Å². The van der Waals surface area contributed by atoms with E-state index in [-0.39, 0.29) is 5.91 Å². The van der Waals surface area contributed by atoms with Gasteiger partial charge in [-0.15, -0.1) is 0 Å². The average Bonchev–Trinajstić information content (AvgIpc) is 2.79. The van der Waals surface area contributed by atoms with Gasteiger partial charge in [0, 0.05) is 18.6 Å². The Labute approximate surface area is 112 Å². The van der Waals surface area contributed by atoms with Crippen LogP contribution in [-0.2, 0) is 4.79 Å². The van der Waals surface area contributed by atoms with E-state index in [1.165, 1.54) is 25.7 Å². The zero-order valence-corrected chi connectivity index (χ0v) is 12.5. The quantitative estimate of drug-likeness (QED) is 0.757. The number of nitrogens with one attached hydrogen (secondary N) is 1. The smallest absolute Gasteiger partial charge is 0.236 e. The van der Waals surface area contributed by atoms with Gasteiger partial charge in [-0.25, -0.2) is 0 Å². The molecule has 0 atom stereocenters. The van der Waals surface area contributed by atoms with Crippen LogP contribution in [0.5, 0.6) is 0 Å². The first-order valence-electron chi connectivity index (χ1n) is 7.53. The Morgan fingerprint density at radius 3 is 2.33 bits per heavy atom. The van der Waals surface area contributed by atoms with Crippen LogP contribution in [0, 0.1) is 5.92 Å². The van der Waals surface area contributed by atoms with E-state index in [2.05, 4.69) is 37.9 Å². The molecule has 0 heterocycles. The van der Waals surface area contributed by atoms with Gasteiger partial charge in [0.05, 0.1) is 6.54 Å². The predicted octanol–water partition coefficient (Wildman–Crippen LogP) is 2.80. The number of nitrogens with zero attached hydrogens (tertiary/aromatic N) is 1. The lowest BCUT2D eigenvalue weighted by Gasteiger charge is -2.30. The van der Waals surface area contributed by atoms with Crippen molar-refractivity contribution in [3.05, 3.63) is 0 Å². The minimum absolute atomic E-state index is 0.288. The van der Waals surface area contributed by atoms with E-state index in [1.54, 1.807) is 0 Å². The fraction of sp³-hybridized carbons (Fsp3) is 0.933. The first kappa shape index (κ1) is 15.5. The second-order valence-electron chi connectivity index (χ2n) is 6.24. The lowest BCUT2D eigenvalue weighted by atomic mass is 10.1. The minimum atomic E-state index is 0.288. The second kappa shape index (κ2) is 7.78. The maximum atomic E-state index is 12.3. The molecule has 1 N–H and O–H groups in total. The van der Waals surface area contributed by atoms with Crippen LogP contribution >= 0.6 is 0 Å². The Morgan fingerprint density at radius 2 is 1.83 bits per heavy atom. The highest BCUT2D eigenvalue weighted by atomic mass is 16.2. The van der Waals surface area contributed by atoms with Crippen LogP contribution in [0.25, 0.3) is 0 Å². The van der Waals surface area contributed by atoms with E-state index in [4.69, 9.17) is 0 Å². The van der Waals surface area contributed by atoms with Crippen LogP contribution < -0.4 is 5.32 Å². The van der Waals surface area contributed by atoms with Crippen molar-refractivity contribution in [1.29, 1.82) is 0 Å². The third kappa shape index (κ3) is 5.38. The highest BCUT2D eigenvalue weighted by Gasteiger charge is 2.26. The number of amides is 1. The fourth-order valence-electron chi connectivity index (χ4n) is 2.52. The summed E-state index contributed by atoms with van der Waals surface area (Å²) in [6.07, 6.45) is 6.09. The predicted molar refractivity (Wildman–Crippen MR) is 76.6 cm³/mol. The van der Waals surface area contributed by atoms with Gasteiger partial charge in [-0.2, -0.15) is 0 Å². The van der Waals surface area contributed by atoms with Gasteiger partial charge in [0.15, 0.2) is 0 Å². The normalized spacial score (nSPS) is 16.8. The van der Waals surface area contributed by atoms with E-state index >= 15 is 0 Å². The molecule has 0 aromatic heterocycles. The molecule has 0 radical (unpaired) electrons. The molecule has 0 aliphatic heterocycles. The van der Waals surface area contributed by atoms with Crippen molar-refractivity contribution in [2.75, 3.05) is 13.1 Å². The molecular formula is C15H30N2O. The van der Waals surface area contributed by atoms with Crippen LogP contribution in [0.2, 0.25) is 0 Å². The number of carbonyl (C=O) groups is 1. The first-order chi connectivity index (χ1) is 8.50. The van der Waals surface area contributed by atoms with E-state index in [0.717, 1.165) is 13.0 Å².